The van der Waals surface area contributed by atoms with Crippen molar-refractivity contribution in [3.05, 3.63) is 54.0 Å². The van der Waals surface area contributed by atoms with Gasteiger partial charge in [0.2, 0.25) is 0 Å². The molecule has 84 valence electrons. The molecule has 1 atom stereocenters. The van der Waals surface area contributed by atoms with Gasteiger partial charge in [-0.05, 0) is 37.2 Å². The van der Waals surface area contributed by atoms with Crippen molar-refractivity contribution >= 4 is 0 Å². The highest BCUT2D eigenvalue weighted by Crippen LogP contribution is 2.19. The highest BCUT2D eigenvalue weighted by molar-refractivity contribution is 5.27. The summed E-state index contributed by atoms with van der Waals surface area (Å²) in [7, 11) is 1.93. The maximum Gasteiger partial charge on any atom is 0.115 e. The topological polar surface area (TPSA) is 45.4 Å². The van der Waals surface area contributed by atoms with E-state index in [1.807, 2.05) is 25.2 Å². The molecule has 3 nitrogen and oxygen atoms in total. The minimum Gasteiger partial charge on any atom is -0.508 e. The Bertz CT molecular complexity index is 420. The van der Waals surface area contributed by atoms with Crippen molar-refractivity contribution in [2.24, 2.45) is 0 Å². The molecule has 1 unspecified atom stereocenters. The van der Waals surface area contributed by atoms with Gasteiger partial charge in [0.05, 0.1) is 12.5 Å². The molecule has 0 aliphatic heterocycles. The smallest absolute Gasteiger partial charge is 0.115 e. The molecule has 0 bridgehead atoms. The number of phenolic OH excluding ortho intramolecular Hbond substituents is 1. The van der Waals surface area contributed by atoms with Crippen molar-refractivity contribution in [1.29, 1.82) is 0 Å². The predicted molar refractivity (Wildman–Crippen MR) is 62.3 cm³/mol. The van der Waals surface area contributed by atoms with Crippen molar-refractivity contribution < 1.29 is 9.52 Å². The lowest BCUT2D eigenvalue weighted by molar-refractivity contribution is 0.474. The zero-order valence-electron chi connectivity index (χ0n) is 9.18. The highest BCUT2D eigenvalue weighted by Gasteiger charge is 2.10. The van der Waals surface area contributed by atoms with Gasteiger partial charge < -0.3 is 14.8 Å². The molecular weight excluding hydrogens is 202 g/mol. The minimum absolute atomic E-state index is 0.239. The van der Waals surface area contributed by atoms with E-state index in [-0.39, 0.29) is 6.04 Å². The van der Waals surface area contributed by atoms with Crippen molar-refractivity contribution in [1.82, 2.24) is 5.32 Å². The van der Waals surface area contributed by atoms with Crippen LogP contribution in [0.3, 0.4) is 0 Å². The Morgan fingerprint density at radius 3 is 2.56 bits per heavy atom. The van der Waals surface area contributed by atoms with E-state index in [1.54, 1.807) is 24.7 Å². The third kappa shape index (κ3) is 2.44. The SMILES string of the molecule is CNC(Cc1ccc(O)cc1)c1ccoc1. The normalized spacial score (nSPS) is 12.6. The number of rotatable bonds is 4. The molecule has 1 aromatic heterocycles. The minimum atomic E-state index is 0.239. The average molecular weight is 217 g/mol. The molecule has 0 fully saturated rings. The van der Waals surface area contributed by atoms with Crippen LogP contribution in [0.25, 0.3) is 0 Å². The van der Waals surface area contributed by atoms with E-state index in [0.717, 1.165) is 12.0 Å². The van der Waals surface area contributed by atoms with Gasteiger partial charge >= 0.3 is 0 Å². The number of likely N-dealkylation sites (N-methyl/N-ethyl adjacent to an activating group) is 1. The number of hydrogen-bond acceptors (Lipinski definition) is 3. The van der Waals surface area contributed by atoms with Gasteiger partial charge in [0.25, 0.3) is 0 Å². The molecule has 1 heterocycles. The molecule has 16 heavy (non-hydrogen) atoms. The fourth-order valence-corrected chi connectivity index (χ4v) is 1.73. The molecule has 2 aromatic rings. The molecule has 0 radical (unpaired) electrons. The van der Waals surface area contributed by atoms with Crippen LogP contribution in [0.15, 0.2) is 47.3 Å². The van der Waals surface area contributed by atoms with Crippen LogP contribution in [-0.2, 0) is 6.42 Å². The van der Waals surface area contributed by atoms with Crippen LogP contribution in [0.4, 0.5) is 0 Å². The Balaban J connectivity index is 2.10. The lowest BCUT2D eigenvalue weighted by Crippen LogP contribution is -2.18. The number of benzene rings is 1. The van der Waals surface area contributed by atoms with Crippen molar-refractivity contribution in [2.45, 2.75) is 12.5 Å². The van der Waals surface area contributed by atoms with Crippen LogP contribution in [0, 0.1) is 0 Å². The first-order valence-electron chi connectivity index (χ1n) is 5.27. The van der Waals surface area contributed by atoms with Crippen LogP contribution in [0.2, 0.25) is 0 Å². The third-order valence-corrected chi connectivity index (χ3v) is 2.67. The first kappa shape index (κ1) is 10.8. The number of nitrogens with one attached hydrogen (secondary N) is 1. The molecule has 2 N–H and O–H groups in total. The fraction of sp³-hybridized carbons (Fsp3) is 0.231. The van der Waals surface area contributed by atoms with Gasteiger partial charge in [-0.3, -0.25) is 0 Å². The monoisotopic (exact) mass is 217 g/mol. The molecular formula is C13H15NO2. The Hall–Kier alpha value is -1.74. The summed E-state index contributed by atoms with van der Waals surface area (Å²) in [4.78, 5) is 0. The van der Waals surface area contributed by atoms with Crippen molar-refractivity contribution in [2.75, 3.05) is 7.05 Å². The van der Waals surface area contributed by atoms with Gasteiger partial charge in [-0.15, -0.1) is 0 Å². The third-order valence-electron chi connectivity index (χ3n) is 2.67. The van der Waals surface area contributed by atoms with Gasteiger partial charge in [0.15, 0.2) is 0 Å². The number of furan rings is 1. The quantitative estimate of drug-likeness (QED) is 0.827. The summed E-state index contributed by atoms with van der Waals surface area (Å²) in [5.41, 5.74) is 2.31. The first-order valence-corrected chi connectivity index (χ1v) is 5.27. The largest absolute Gasteiger partial charge is 0.508 e. The summed E-state index contributed by atoms with van der Waals surface area (Å²) >= 11 is 0. The molecule has 0 saturated carbocycles. The number of phenols is 1. The van der Waals surface area contributed by atoms with Gasteiger partial charge in [0.1, 0.15) is 5.75 Å². The van der Waals surface area contributed by atoms with Crippen molar-refractivity contribution in [3.63, 3.8) is 0 Å². The maximum absolute atomic E-state index is 9.20. The van der Waals surface area contributed by atoms with E-state index in [9.17, 15) is 5.11 Å². The number of aromatic hydroxyl groups is 1. The fourth-order valence-electron chi connectivity index (χ4n) is 1.73. The van der Waals surface area contributed by atoms with Gasteiger partial charge in [0, 0.05) is 11.6 Å². The van der Waals surface area contributed by atoms with Crippen LogP contribution >= 0.6 is 0 Å². The van der Waals surface area contributed by atoms with E-state index in [1.165, 1.54) is 5.56 Å². The lowest BCUT2D eigenvalue weighted by atomic mass is 10.0. The second-order valence-electron chi connectivity index (χ2n) is 3.77. The zero-order valence-corrected chi connectivity index (χ0v) is 9.18. The standard InChI is InChI=1S/C13H15NO2/c1-14-13(11-6-7-16-9-11)8-10-2-4-12(15)5-3-10/h2-7,9,13-15H,8H2,1H3. The highest BCUT2D eigenvalue weighted by atomic mass is 16.3. The van der Waals surface area contributed by atoms with Crippen LogP contribution < -0.4 is 5.32 Å². The first-order chi connectivity index (χ1) is 7.79. The molecule has 0 aliphatic carbocycles. The Kier molecular flexibility index (Phi) is 3.27. The molecule has 0 amide bonds. The van der Waals surface area contributed by atoms with E-state index in [2.05, 4.69) is 5.32 Å². The Labute approximate surface area is 94.7 Å². The number of hydrogen-bond donors (Lipinski definition) is 2. The van der Waals surface area contributed by atoms with Crippen LogP contribution in [-0.4, -0.2) is 12.2 Å². The van der Waals surface area contributed by atoms with E-state index < -0.39 is 0 Å². The summed E-state index contributed by atoms with van der Waals surface area (Å²) in [6.45, 7) is 0. The Morgan fingerprint density at radius 2 is 2.00 bits per heavy atom. The molecule has 3 heteroatoms. The van der Waals surface area contributed by atoms with Gasteiger partial charge in [-0.1, -0.05) is 12.1 Å². The molecule has 0 spiro atoms. The lowest BCUT2D eigenvalue weighted by Gasteiger charge is -2.14. The summed E-state index contributed by atoms with van der Waals surface area (Å²) in [6.07, 6.45) is 4.30. The summed E-state index contributed by atoms with van der Waals surface area (Å²) in [6, 6.07) is 9.47. The van der Waals surface area contributed by atoms with Crippen LogP contribution in [0.1, 0.15) is 17.2 Å². The van der Waals surface area contributed by atoms with Crippen LogP contribution in [0.5, 0.6) is 5.75 Å². The molecule has 0 aliphatic rings. The zero-order chi connectivity index (χ0) is 11.4. The summed E-state index contributed by atoms with van der Waals surface area (Å²) in [5, 5.41) is 12.4. The van der Waals surface area contributed by atoms with Gasteiger partial charge in [-0.25, -0.2) is 0 Å². The maximum atomic E-state index is 9.20. The van der Waals surface area contributed by atoms with Gasteiger partial charge in [-0.2, -0.15) is 0 Å². The molecule has 0 saturated heterocycles. The Morgan fingerprint density at radius 1 is 1.25 bits per heavy atom. The average Bonchev–Trinajstić information content (AvgIpc) is 2.82. The molecule has 2 rings (SSSR count). The summed E-state index contributed by atoms with van der Waals surface area (Å²) in [5.74, 6) is 0.299. The second-order valence-corrected chi connectivity index (χ2v) is 3.77. The van der Waals surface area contributed by atoms with E-state index >= 15 is 0 Å². The van der Waals surface area contributed by atoms with E-state index in [0.29, 0.717) is 5.75 Å². The second kappa shape index (κ2) is 4.86. The summed E-state index contributed by atoms with van der Waals surface area (Å²) < 4.78 is 5.07. The molecule has 1 aromatic carbocycles. The predicted octanol–water partition coefficient (Wildman–Crippen LogP) is 2.49. The van der Waals surface area contributed by atoms with Crippen molar-refractivity contribution in [3.8, 4) is 5.75 Å². The van der Waals surface area contributed by atoms with E-state index in [4.69, 9.17) is 4.42 Å².